The Morgan fingerprint density at radius 3 is 2.94 bits per heavy atom. The Bertz CT molecular complexity index is 365. The van der Waals surface area contributed by atoms with Crippen molar-refractivity contribution in [2.24, 2.45) is 0 Å². The fourth-order valence-corrected chi connectivity index (χ4v) is 3.33. The molecule has 0 bridgehead atoms. The molecule has 0 atom stereocenters. The van der Waals surface area contributed by atoms with Crippen molar-refractivity contribution in [3.05, 3.63) is 0 Å². The highest BCUT2D eigenvalue weighted by atomic mass is 32.2. The number of thioether (sulfide) groups is 1. The summed E-state index contributed by atoms with van der Waals surface area (Å²) < 4.78 is 0.875. The third-order valence-corrected chi connectivity index (χ3v) is 4.45. The van der Waals surface area contributed by atoms with Crippen LogP contribution in [0.5, 0.6) is 0 Å². The van der Waals surface area contributed by atoms with Crippen molar-refractivity contribution in [2.45, 2.75) is 42.5 Å². The van der Waals surface area contributed by atoms with Gasteiger partial charge in [-0.3, -0.25) is 0 Å². The van der Waals surface area contributed by atoms with Crippen molar-refractivity contribution in [1.82, 2.24) is 10.2 Å². The van der Waals surface area contributed by atoms with Gasteiger partial charge in [-0.05, 0) is 12.8 Å². The summed E-state index contributed by atoms with van der Waals surface area (Å²) >= 11 is 2.99. The maximum Gasteiger partial charge on any atom is 0.206 e. The Hall–Kier alpha value is -0.800. The molecule has 4 nitrogen and oxygen atoms in total. The van der Waals surface area contributed by atoms with E-state index < -0.39 is 0 Å². The molecule has 1 aliphatic rings. The molecule has 1 saturated carbocycles. The summed E-state index contributed by atoms with van der Waals surface area (Å²) in [7, 11) is 0. The van der Waals surface area contributed by atoms with Crippen LogP contribution in [0.3, 0.4) is 0 Å². The van der Waals surface area contributed by atoms with Gasteiger partial charge in [0.2, 0.25) is 5.13 Å². The van der Waals surface area contributed by atoms with Crippen molar-refractivity contribution < 1.29 is 0 Å². The molecule has 1 aliphatic carbocycles. The first kappa shape index (κ1) is 11.7. The van der Waals surface area contributed by atoms with Gasteiger partial charge in [-0.2, -0.15) is 5.26 Å². The predicted molar refractivity (Wildman–Crippen MR) is 66.7 cm³/mol. The number of nitriles is 1. The smallest absolute Gasteiger partial charge is 0.206 e. The molecule has 0 spiro atoms. The summed E-state index contributed by atoms with van der Waals surface area (Å²) in [6.45, 7) is 0. The van der Waals surface area contributed by atoms with Crippen LogP contribution in [0.25, 0.3) is 0 Å². The van der Waals surface area contributed by atoms with Gasteiger partial charge in [0, 0.05) is 6.04 Å². The molecule has 0 radical (unpaired) electrons. The molecule has 6 heteroatoms. The van der Waals surface area contributed by atoms with E-state index in [1.54, 1.807) is 11.3 Å². The fraction of sp³-hybridized carbons (Fsp3) is 0.700. The zero-order valence-corrected chi connectivity index (χ0v) is 10.6. The van der Waals surface area contributed by atoms with Crippen LogP contribution in [-0.4, -0.2) is 22.0 Å². The van der Waals surface area contributed by atoms with Crippen LogP contribution in [0.2, 0.25) is 0 Å². The first-order chi connectivity index (χ1) is 7.88. The van der Waals surface area contributed by atoms with E-state index in [2.05, 4.69) is 21.6 Å². The summed E-state index contributed by atoms with van der Waals surface area (Å²) in [4.78, 5) is 0. The Labute approximate surface area is 103 Å². The highest BCUT2D eigenvalue weighted by molar-refractivity contribution is 8.01. The van der Waals surface area contributed by atoms with Gasteiger partial charge in [-0.25, -0.2) is 0 Å². The van der Waals surface area contributed by atoms with E-state index in [1.165, 1.54) is 43.9 Å². The van der Waals surface area contributed by atoms with E-state index >= 15 is 0 Å². The van der Waals surface area contributed by atoms with E-state index in [-0.39, 0.29) is 0 Å². The monoisotopic (exact) mass is 254 g/mol. The molecular weight excluding hydrogens is 240 g/mol. The first-order valence-corrected chi connectivity index (χ1v) is 7.28. The van der Waals surface area contributed by atoms with Crippen LogP contribution in [0, 0.1) is 11.3 Å². The number of anilines is 1. The maximum atomic E-state index is 8.47. The molecule has 2 rings (SSSR count). The average Bonchev–Trinajstić information content (AvgIpc) is 2.75. The molecule has 1 aromatic rings. The van der Waals surface area contributed by atoms with Gasteiger partial charge in [-0.1, -0.05) is 42.4 Å². The zero-order chi connectivity index (χ0) is 11.2. The average molecular weight is 254 g/mol. The minimum absolute atomic E-state index is 0.443. The van der Waals surface area contributed by atoms with Crippen LogP contribution < -0.4 is 5.32 Å². The maximum absolute atomic E-state index is 8.47. The molecule has 1 aromatic heterocycles. The summed E-state index contributed by atoms with van der Waals surface area (Å²) in [6.07, 6.45) is 6.46. The quantitative estimate of drug-likeness (QED) is 0.837. The molecule has 1 heterocycles. The van der Waals surface area contributed by atoms with Gasteiger partial charge in [0.15, 0.2) is 4.34 Å². The number of hydrogen-bond acceptors (Lipinski definition) is 6. The Balaban J connectivity index is 1.84. The van der Waals surface area contributed by atoms with Crippen LogP contribution >= 0.6 is 23.1 Å². The Morgan fingerprint density at radius 1 is 1.38 bits per heavy atom. The van der Waals surface area contributed by atoms with Crippen LogP contribution in [0.1, 0.15) is 32.1 Å². The minimum atomic E-state index is 0.443. The highest BCUT2D eigenvalue weighted by Gasteiger charge is 2.14. The van der Waals surface area contributed by atoms with E-state index in [4.69, 9.17) is 5.26 Å². The standard InChI is InChI=1S/C10H14N4S2/c11-6-7-15-10-14-13-9(16-10)12-8-4-2-1-3-5-8/h8H,1-5,7H2,(H,12,13). The van der Waals surface area contributed by atoms with Crippen molar-refractivity contribution in [3.63, 3.8) is 0 Å². The largest absolute Gasteiger partial charge is 0.357 e. The lowest BCUT2D eigenvalue weighted by Gasteiger charge is -2.21. The summed E-state index contributed by atoms with van der Waals surface area (Å²) in [5, 5.41) is 20.9. The van der Waals surface area contributed by atoms with E-state index in [1.807, 2.05) is 0 Å². The van der Waals surface area contributed by atoms with Crippen molar-refractivity contribution >= 4 is 28.2 Å². The first-order valence-electron chi connectivity index (χ1n) is 5.48. The number of hydrogen-bond donors (Lipinski definition) is 1. The normalized spacial score (nSPS) is 16.9. The second-order valence-electron chi connectivity index (χ2n) is 3.80. The van der Waals surface area contributed by atoms with Crippen LogP contribution in [0.15, 0.2) is 4.34 Å². The van der Waals surface area contributed by atoms with Gasteiger partial charge in [-0.15, -0.1) is 10.2 Å². The lowest BCUT2D eigenvalue weighted by Crippen LogP contribution is -2.21. The summed E-state index contributed by atoms with van der Waals surface area (Å²) in [6, 6.07) is 2.65. The number of nitrogens with one attached hydrogen (secondary N) is 1. The molecule has 0 saturated heterocycles. The van der Waals surface area contributed by atoms with Gasteiger partial charge < -0.3 is 5.32 Å². The number of aromatic nitrogens is 2. The van der Waals surface area contributed by atoms with Gasteiger partial charge in [0.05, 0.1) is 11.8 Å². The summed E-state index contributed by atoms with van der Waals surface area (Å²) in [5.41, 5.74) is 0. The Morgan fingerprint density at radius 2 is 2.19 bits per heavy atom. The van der Waals surface area contributed by atoms with E-state index in [9.17, 15) is 0 Å². The molecule has 86 valence electrons. The third-order valence-electron chi connectivity index (χ3n) is 2.60. The van der Waals surface area contributed by atoms with Crippen LogP contribution in [-0.2, 0) is 0 Å². The SMILES string of the molecule is N#CCSc1nnc(NC2CCCCC2)s1. The lowest BCUT2D eigenvalue weighted by atomic mass is 9.96. The number of rotatable bonds is 4. The Kier molecular flexibility index (Phi) is 4.43. The van der Waals surface area contributed by atoms with Gasteiger partial charge >= 0.3 is 0 Å². The topological polar surface area (TPSA) is 61.6 Å². The van der Waals surface area contributed by atoms with Gasteiger partial charge in [0.25, 0.3) is 0 Å². The predicted octanol–water partition coefficient (Wildman–Crippen LogP) is 2.90. The lowest BCUT2D eigenvalue weighted by molar-refractivity contribution is 0.462. The van der Waals surface area contributed by atoms with Crippen molar-refractivity contribution in [2.75, 3.05) is 11.1 Å². The zero-order valence-electron chi connectivity index (χ0n) is 8.98. The molecule has 16 heavy (non-hydrogen) atoms. The molecule has 0 aliphatic heterocycles. The van der Waals surface area contributed by atoms with E-state index in [0.717, 1.165) is 9.47 Å². The van der Waals surface area contributed by atoms with E-state index in [0.29, 0.717) is 11.8 Å². The third kappa shape index (κ3) is 3.35. The molecule has 0 amide bonds. The van der Waals surface area contributed by atoms with Crippen LogP contribution in [0.4, 0.5) is 5.13 Å². The van der Waals surface area contributed by atoms with Gasteiger partial charge in [0.1, 0.15) is 0 Å². The van der Waals surface area contributed by atoms with Crippen molar-refractivity contribution in [3.8, 4) is 6.07 Å². The van der Waals surface area contributed by atoms with Crippen molar-refractivity contribution in [1.29, 1.82) is 5.26 Å². The molecule has 1 N–H and O–H groups in total. The molecule has 0 unspecified atom stereocenters. The minimum Gasteiger partial charge on any atom is -0.357 e. The fourth-order valence-electron chi connectivity index (χ4n) is 1.84. The molecule has 1 fully saturated rings. The second kappa shape index (κ2) is 6.06. The molecule has 0 aromatic carbocycles. The molecular formula is C10H14N4S2. The highest BCUT2D eigenvalue weighted by Crippen LogP contribution is 2.27. The summed E-state index contributed by atoms with van der Waals surface area (Å²) in [5.74, 6) is 0.443. The number of nitrogens with zero attached hydrogens (tertiary/aromatic N) is 3. The second-order valence-corrected chi connectivity index (χ2v) is 6.00.